The Morgan fingerprint density at radius 2 is 1.85 bits per heavy atom. The van der Waals surface area contributed by atoms with Crippen molar-refractivity contribution in [3.8, 4) is 5.69 Å². The molecule has 0 spiro atoms. The van der Waals surface area contributed by atoms with Crippen LogP contribution in [0.15, 0.2) is 6.20 Å². The Balaban J connectivity index is 1.67. The average Bonchev–Trinajstić information content (AvgIpc) is 3.42. The van der Waals surface area contributed by atoms with Crippen LogP contribution in [0.5, 0.6) is 0 Å². The van der Waals surface area contributed by atoms with Gasteiger partial charge in [0.2, 0.25) is 5.95 Å². The number of anilines is 2. The van der Waals surface area contributed by atoms with Crippen LogP contribution in [0.4, 0.5) is 11.8 Å². The van der Waals surface area contributed by atoms with Gasteiger partial charge in [-0.05, 0) is 39.0 Å². The van der Waals surface area contributed by atoms with E-state index >= 15 is 0 Å². The molecule has 7 nitrogen and oxygen atoms in total. The molecule has 0 aromatic carbocycles. The summed E-state index contributed by atoms with van der Waals surface area (Å²) < 4.78 is 2.17. The van der Waals surface area contributed by atoms with Crippen molar-refractivity contribution < 1.29 is 0 Å². The van der Waals surface area contributed by atoms with Crippen LogP contribution in [0.2, 0.25) is 0 Å². The first-order valence-electron chi connectivity index (χ1n) is 10.1. The van der Waals surface area contributed by atoms with Gasteiger partial charge in [0, 0.05) is 19.1 Å². The van der Waals surface area contributed by atoms with E-state index in [1.165, 1.54) is 38.5 Å². The third-order valence-electron chi connectivity index (χ3n) is 6.20. The van der Waals surface area contributed by atoms with Crippen molar-refractivity contribution in [3.63, 3.8) is 0 Å². The van der Waals surface area contributed by atoms with E-state index in [0.29, 0.717) is 6.04 Å². The molecule has 3 aliphatic rings. The highest BCUT2D eigenvalue weighted by molar-refractivity contribution is 5.64. The molecule has 26 heavy (non-hydrogen) atoms. The molecule has 7 heteroatoms. The van der Waals surface area contributed by atoms with E-state index in [4.69, 9.17) is 9.97 Å². The molecule has 138 valence electrons. The van der Waals surface area contributed by atoms with Crippen molar-refractivity contribution >= 4 is 11.8 Å². The quantitative estimate of drug-likeness (QED) is 0.844. The first kappa shape index (κ1) is 16.0. The highest BCUT2D eigenvalue weighted by Crippen LogP contribution is 2.43. The second kappa shape index (κ2) is 6.21. The van der Waals surface area contributed by atoms with Crippen molar-refractivity contribution in [2.75, 3.05) is 22.9 Å². The minimum Gasteiger partial charge on any atom is -0.341 e. The van der Waals surface area contributed by atoms with E-state index in [0.717, 1.165) is 48.6 Å². The molecular weight excluding hydrogens is 326 g/mol. The summed E-state index contributed by atoms with van der Waals surface area (Å²) in [7, 11) is 0. The maximum Gasteiger partial charge on any atom is 0.227 e. The predicted octanol–water partition coefficient (Wildman–Crippen LogP) is 3.18. The van der Waals surface area contributed by atoms with Gasteiger partial charge in [0.05, 0.1) is 12.2 Å². The fourth-order valence-electron chi connectivity index (χ4n) is 4.93. The van der Waals surface area contributed by atoms with E-state index in [9.17, 15) is 0 Å². The second-order valence-electron chi connectivity index (χ2n) is 7.78. The van der Waals surface area contributed by atoms with Crippen LogP contribution in [0, 0.1) is 6.92 Å². The van der Waals surface area contributed by atoms with Crippen LogP contribution in [-0.4, -0.2) is 43.9 Å². The Bertz CT molecular complexity index is 802. The predicted molar refractivity (Wildman–Crippen MR) is 101 cm³/mol. The number of aryl methyl sites for hydroxylation is 1. The van der Waals surface area contributed by atoms with E-state index < -0.39 is 0 Å². The second-order valence-corrected chi connectivity index (χ2v) is 7.78. The monoisotopic (exact) mass is 353 g/mol. The van der Waals surface area contributed by atoms with Gasteiger partial charge >= 0.3 is 0 Å². The molecule has 0 unspecified atom stereocenters. The van der Waals surface area contributed by atoms with Crippen LogP contribution >= 0.6 is 0 Å². The number of nitrogens with zero attached hydrogens (tertiary/aromatic N) is 7. The van der Waals surface area contributed by atoms with Gasteiger partial charge in [-0.1, -0.05) is 19.8 Å². The number of aromatic nitrogens is 5. The van der Waals surface area contributed by atoms with E-state index in [1.54, 1.807) is 0 Å². The lowest BCUT2D eigenvalue weighted by Crippen LogP contribution is -2.42. The molecule has 1 saturated heterocycles. The SMILES string of the molecule is CC[C@@H]1c2nnc(C)n2-c2cnc(N3CCCC3)nc2N1C1CCCC1. The van der Waals surface area contributed by atoms with Crippen LogP contribution in [0.1, 0.15) is 69.6 Å². The maximum absolute atomic E-state index is 5.10. The van der Waals surface area contributed by atoms with Gasteiger partial charge in [0.1, 0.15) is 11.5 Å². The third-order valence-corrected chi connectivity index (χ3v) is 6.20. The number of fused-ring (bicyclic) bond motifs is 3. The van der Waals surface area contributed by atoms with Gasteiger partial charge in [-0.3, -0.25) is 4.57 Å². The summed E-state index contributed by atoms with van der Waals surface area (Å²) in [6.45, 7) is 6.40. The van der Waals surface area contributed by atoms with Crippen LogP contribution < -0.4 is 9.80 Å². The summed E-state index contributed by atoms with van der Waals surface area (Å²) in [6, 6.07) is 0.791. The fourth-order valence-corrected chi connectivity index (χ4v) is 4.93. The van der Waals surface area contributed by atoms with Crippen molar-refractivity contribution in [2.24, 2.45) is 0 Å². The Labute approximate surface area is 154 Å². The maximum atomic E-state index is 5.10. The minimum atomic E-state index is 0.244. The summed E-state index contributed by atoms with van der Waals surface area (Å²) in [5, 5.41) is 8.91. The molecule has 1 saturated carbocycles. The smallest absolute Gasteiger partial charge is 0.227 e. The average molecular weight is 353 g/mol. The van der Waals surface area contributed by atoms with Crippen LogP contribution in [0.25, 0.3) is 5.69 Å². The number of rotatable bonds is 3. The Hall–Kier alpha value is -2.18. The van der Waals surface area contributed by atoms with Gasteiger partial charge in [-0.25, -0.2) is 4.98 Å². The first-order chi connectivity index (χ1) is 12.8. The van der Waals surface area contributed by atoms with Gasteiger partial charge in [0.25, 0.3) is 0 Å². The largest absolute Gasteiger partial charge is 0.341 e. The van der Waals surface area contributed by atoms with Crippen LogP contribution in [0.3, 0.4) is 0 Å². The van der Waals surface area contributed by atoms with Crippen molar-refractivity contribution in [3.05, 3.63) is 17.8 Å². The lowest BCUT2D eigenvalue weighted by molar-refractivity contribution is 0.468. The molecule has 4 heterocycles. The van der Waals surface area contributed by atoms with Crippen molar-refractivity contribution in [1.29, 1.82) is 0 Å². The van der Waals surface area contributed by atoms with Crippen molar-refractivity contribution in [2.45, 2.75) is 70.9 Å². The number of hydrogen-bond acceptors (Lipinski definition) is 6. The highest BCUT2D eigenvalue weighted by atomic mass is 15.4. The molecule has 2 aromatic rings. The van der Waals surface area contributed by atoms with E-state index in [1.807, 2.05) is 13.1 Å². The number of hydrogen-bond donors (Lipinski definition) is 0. The van der Waals surface area contributed by atoms with Crippen LogP contribution in [-0.2, 0) is 0 Å². The van der Waals surface area contributed by atoms with Gasteiger partial charge in [-0.2, -0.15) is 4.98 Å². The molecule has 0 amide bonds. The van der Waals surface area contributed by atoms with Gasteiger partial charge < -0.3 is 9.80 Å². The summed E-state index contributed by atoms with van der Waals surface area (Å²) in [4.78, 5) is 14.7. The molecule has 0 N–H and O–H groups in total. The molecule has 2 aromatic heterocycles. The zero-order valence-corrected chi connectivity index (χ0v) is 15.7. The Kier molecular flexibility index (Phi) is 3.83. The highest BCUT2D eigenvalue weighted by Gasteiger charge is 2.39. The lowest BCUT2D eigenvalue weighted by Gasteiger charge is -2.41. The van der Waals surface area contributed by atoms with Crippen molar-refractivity contribution in [1.82, 2.24) is 24.7 Å². The van der Waals surface area contributed by atoms with Gasteiger partial charge in [0.15, 0.2) is 11.6 Å². The first-order valence-corrected chi connectivity index (χ1v) is 10.1. The molecule has 0 radical (unpaired) electrons. The summed E-state index contributed by atoms with van der Waals surface area (Å²) in [5.74, 6) is 3.93. The summed E-state index contributed by atoms with van der Waals surface area (Å²) in [5.41, 5.74) is 1.04. The zero-order valence-electron chi connectivity index (χ0n) is 15.7. The Morgan fingerprint density at radius 1 is 1.08 bits per heavy atom. The Morgan fingerprint density at radius 3 is 2.58 bits per heavy atom. The summed E-state index contributed by atoms with van der Waals surface area (Å²) in [6.07, 6.45) is 10.6. The van der Waals surface area contributed by atoms with E-state index in [-0.39, 0.29) is 6.04 Å². The summed E-state index contributed by atoms with van der Waals surface area (Å²) >= 11 is 0. The molecule has 2 fully saturated rings. The van der Waals surface area contributed by atoms with Gasteiger partial charge in [-0.15, -0.1) is 10.2 Å². The minimum absolute atomic E-state index is 0.244. The normalized spacial score (nSPS) is 22.8. The molecule has 5 rings (SSSR count). The standard InChI is InChI=1S/C19H27N7/c1-3-15-18-23-22-13(2)25(18)16-12-20-19(24-10-6-7-11-24)21-17(16)26(15)14-8-4-5-9-14/h12,14-15H,3-11H2,1-2H3/t15-/m1/s1. The molecule has 1 atom stereocenters. The van der Waals surface area contributed by atoms with E-state index in [2.05, 4.69) is 31.5 Å². The molecule has 0 bridgehead atoms. The molecular formula is C19H27N7. The topological polar surface area (TPSA) is 63.0 Å². The third kappa shape index (κ3) is 2.32. The fraction of sp³-hybridized carbons (Fsp3) is 0.684. The lowest BCUT2D eigenvalue weighted by atomic mass is 10.0. The molecule has 2 aliphatic heterocycles. The molecule has 1 aliphatic carbocycles. The zero-order chi connectivity index (χ0) is 17.7.